The van der Waals surface area contributed by atoms with E-state index in [0.29, 0.717) is 61.6 Å². The summed E-state index contributed by atoms with van der Waals surface area (Å²) in [6.45, 7) is 17.1. The van der Waals surface area contributed by atoms with Gasteiger partial charge >= 0.3 is 0 Å². The molecule has 2 fully saturated rings. The molecule has 396 valence electrons. The molecule has 0 radical (unpaired) electrons. The second kappa shape index (κ2) is 26.6. The van der Waals surface area contributed by atoms with E-state index in [2.05, 4.69) is 52.4 Å². The normalized spacial score (nSPS) is 15.4. The molecule has 0 saturated carbocycles. The number of ether oxygens (including phenoxy) is 2. The molecule has 2 aliphatic heterocycles. The second-order valence-electron chi connectivity index (χ2n) is 19.0. The van der Waals surface area contributed by atoms with Gasteiger partial charge in [0.1, 0.15) is 29.2 Å². The van der Waals surface area contributed by atoms with Gasteiger partial charge in [0.15, 0.2) is 5.65 Å². The van der Waals surface area contributed by atoms with E-state index in [9.17, 15) is 18.9 Å². The molecule has 15 nitrogen and oxygen atoms in total. The largest absolute Gasteiger partial charge is 1.00 e. The van der Waals surface area contributed by atoms with Gasteiger partial charge in [0.25, 0.3) is 10.0 Å². The summed E-state index contributed by atoms with van der Waals surface area (Å²) in [6.07, 6.45) is 20.5. The van der Waals surface area contributed by atoms with Crippen LogP contribution in [0.15, 0.2) is 90.6 Å². The highest BCUT2D eigenvalue weighted by Crippen LogP contribution is 2.40. The number of unbranched alkanes of at least 4 members (excludes halogenated alkanes) is 4. The number of H-pyrrole nitrogens is 1. The number of hydrogen-bond acceptors (Lipinski definition) is 10. The number of aryl methyl sites for hydroxylation is 3. The SMILES string of the molecule is CCCC[N+](CCCC)(CCCC)CCCC.[3H]C([3H])([3H])n1cc(-c2c[nH]c3nccc(N4CCOCC4)c23)cc1C#N.[3H]C([3H])([3H])n1cc(-c2cn(S(=O)(=O)c3ccc(C)cc3)c3nccc(N4CCOCC4)c23)cc1C#N.[F-]. The van der Waals surface area contributed by atoms with Crippen molar-refractivity contribution in [1.82, 2.24) is 28.1 Å². The summed E-state index contributed by atoms with van der Waals surface area (Å²) >= 11 is 0. The number of nitrogens with zero attached hydrogens (tertiary/aromatic N) is 10. The first-order valence-electron chi connectivity index (χ1n) is 28.9. The molecule has 0 aliphatic carbocycles. The molecule has 0 unspecified atom stereocenters. The highest BCUT2D eigenvalue weighted by molar-refractivity contribution is 7.90. The molecule has 2 saturated heterocycles. The van der Waals surface area contributed by atoms with Crippen molar-refractivity contribution in [3.05, 3.63) is 103 Å². The van der Waals surface area contributed by atoms with Crippen molar-refractivity contribution < 1.29 is 35.3 Å². The number of morpholine rings is 2. The Kier molecular flexibility index (Phi) is 17.4. The van der Waals surface area contributed by atoms with Gasteiger partial charge in [-0.15, -0.1) is 0 Å². The number of anilines is 2. The molecule has 6 aromatic heterocycles. The molecular weight excluding hydrogens is 954 g/mol. The lowest BCUT2D eigenvalue weighted by Gasteiger charge is -2.39. The Labute approximate surface area is 446 Å². The van der Waals surface area contributed by atoms with Crippen molar-refractivity contribution in [2.75, 3.05) is 88.6 Å². The van der Waals surface area contributed by atoms with Crippen molar-refractivity contribution in [3.63, 3.8) is 0 Å². The highest BCUT2D eigenvalue weighted by atomic mass is 32.2. The van der Waals surface area contributed by atoms with E-state index in [-0.39, 0.29) is 26.6 Å². The van der Waals surface area contributed by atoms with Crippen LogP contribution in [0.25, 0.3) is 44.3 Å². The minimum absolute atomic E-state index is 0. The number of pyridine rings is 2. The lowest BCUT2D eigenvalue weighted by molar-refractivity contribution is -0.929. The summed E-state index contributed by atoms with van der Waals surface area (Å²) in [4.78, 5) is 16.4. The summed E-state index contributed by atoms with van der Waals surface area (Å²) in [7, 11) is -4.03. The zero-order valence-corrected chi connectivity index (χ0v) is 44.4. The van der Waals surface area contributed by atoms with Crippen LogP contribution in [0.2, 0.25) is 0 Å². The zero-order valence-electron chi connectivity index (χ0n) is 49.6. The Hall–Kier alpha value is -6.50. The number of fused-ring (bicyclic) bond motifs is 2. The Morgan fingerprint density at radius 3 is 1.61 bits per heavy atom. The van der Waals surface area contributed by atoms with Crippen molar-refractivity contribution in [2.24, 2.45) is 14.0 Å². The Balaban J connectivity index is 0.000000206. The third-order valence-electron chi connectivity index (χ3n) is 13.9. The fourth-order valence-corrected chi connectivity index (χ4v) is 11.1. The van der Waals surface area contributed by atoms with Crippen LogP contribution in [0.3, 0.4) is 0 Å². The van der Waals surface area contributed by atoms with Crippen LogP contribution < -0.4 is 14.5 Å². The maximum absolute atomic E-state index is 13.7. The van der Waals surface area contributed by atoms with Gasteiger partial charge in [0.05, 0.1) is 74.3 Å². The van der Waals surface area contributed by atoms with E-state index in [1.165, 1.54) is 107 Å². The van der Waals surface area contributed by atoms with Crippen LogP contribution in [-0.2, 0) is 33.4 Å². The van der Waals surface area contributed by atoms with Gasteiger partial charge in [-0.2, -0.15) is 10.5 Å². The highest BCUT2D eigenvalue weighted by Gasteiger charge is 2.28. The molecule has 17 heteroatoms. The lowest BCUT2D eigenvalue weighted by atomic mass is 10.1. The van der Waals surface area contributed by atoms with E-state index in [4.69, 9.17) is 17.7 Å². The third-order valence-corrected chi connectivity index (χ3v) is 15.6. The molecule has 8 heterocycles. The quantitative estimate of drug-likeness (QED) is 0.0849. The van der Waals surface area contributed by atoms with Gasteiger partial charge < -0.3 is 42.6 Å². The van der Waals surface area contributed by atoms with Crippen LogP contribution >= 0.6 is 0 Å². The summed E-state index contributed by atoms with van der Waals surface area (Å²) in [6, 6.07) is 17.2. The van der Waals surface area contributed by atoms with Gasteiger partial charge in [-0.25, -0.2) is 22.4 Å². The zero-order chi connectivity index (χ0) is 57.0. The monoisotopic (exact) mass is 1040 g/mol. The minimum atomic E-state index is -4.03. The Morgan fingerprint density at radius 2 is 1.15 bits per heavy atom. The second-order valence-corrected chi connectivity index (χ2v) is 20.8. The molecule has 0 bridgehead atoms. The fraction of sp³-hybridized carbons (Fsp3) is 0.474. The number of benzene rings is 1. The van der Waals surface area contributed by atoms with Crippen LogP contribution in [0.4, 0.5) is 11.4 Å². The molecule has 1 N–H and O–H groups in total. The molecular formula is C57H76FN11O4S. The first-order chi connectivity index (χ1) is 37.8. The van der Waals surface area contributed by atoms with Crippen LogP contribution in [0.1, 0.15) is 104 Å². The van der Waals surface area contributed by atoms with Crippen molar-refractivity contribution >= 4 is 43.5 Å². The summed E-state index contributed by atoms with van der Waals surface area (Å²) < 4.78 is 89.1. The maximum Gasteiger partial charge on any atom is 0.269 e. The number of aromatic nitrogens is 6. The van der Waals surface area contributed by atoms with Gasteiger partial charge in [-0.1, -0.05) is 71.1 Å². The van der Waals surface area contributed by atoms with E-state index in [0.717, 1.165) is 59.7 Å². The summed E-state index contributed by atoms with van der Waals surface area (Å²) in [5.41, 5.74) is 6.08. The molecule has 0 atom stereocenters. The van der Waals surface area contributed by atoms with E-state index in [1.54, 1.807) is 42.7 Å². The molecule has 2 aliphatic rings. The number of hydrogen-bond donors (Lipinski definition) is 1. The average molecular weight is 1040 g/mol. The number of nitrogens with one attached hydrogen (secondary N) is 1. The lowest BCUT2D eigenvalue weighted by Crippen LogP contribution is -3.00. The number of rotatable bonds is 18. The van der Waals surface area contributed by atoms with Crippen molar-refractivity contribution in [3.8, 4) is 34.4 Å². The molecule has 74 heavy (non-hydrogen) atoms. The number of quaternary nitrogens is 1. The van der Waals surface area contributed by atoms with Crippen LogP contribution in [0, 0.1) is 29.6 Å². The van der Waals surface area contributed by atoms with Gasteiger partial charge in [0, 0.05) is 113 Å². The topological polar surface area (TPSA) is 163 Å². The molecule has 0 amide bonds. The molecule has 7 aromatic rings. The Morgan fingerprint density at radius 1 is 0.676 bits per heavy atom. The number of aromatic amines is 1. The van der Waals surface area contributed by atoms with Crippen LogP contribution in [-0.4, -0.2) is 120 Å². The predicted molar refractivity (Wildman–Crippen MR) is 293 cm³/mol. The number of halogens is 1. The van der Waals surface area contributed by atoms with Crippen LogP contribution in [0.5, 0.6) is 0 Å². The fourth-order valence-electron chi connectivity index (χ4n) is 9.78. The standard InChI is InChI=1S/C24H23N5O3S.C17H17N5O.C16H36N.FH/c1-17-3-5-20(6-4-17)33(30,31)29-16-21(18-13-19(14-25)27(2)15-18)23-22(7-8-26-24(23)29)28-9-11-32-12-10-28;1-21-11-12(8-13(21)9-18)14-10-20-17-16(14)15(2-3-19-17)22-4-6-23-7-5-22;1-5-9-13-17(14-10-6-2,15-11-7-3)16-12-8-4;/h3-8,13,15-16H,9-12H2,1-2H3;2-3,8,10-11H,4-7H2,1H3,(H,19,20);5-16H2,1-4H3;1H/q;;+1;/p-1/i2T3;1T3;;. The molecule has 9 rings (SSSR count). The van der Waals surface area contributed by atoms with Gasteiger partial charge in [0.2, 0.25) is 0 Å². The third kappa shape index (κ3) is 13.1. The molecule has 1 aromatic carbocycles. The van der Waals surface area contributed by atoms with E-state index >= 15 is 0 Å². The summed E-state index contributed by atoms with van der Waals surface area (Å²) in [5, 5.41) is 20.3. The van der Waals surface area contributed by atoms with E-state index in [1.807, 2.05) is 37.4 Å². The first kappa shape index (κ1) is 48.4. The number of nitriles is 2. The smallest absolute Gasteiger partial charge is 0.269 e. The van der Waals surface area contributed by atoms with Crippen molar-refractivity contribution in [2.45, 2.75) is 90.9 Å². The first-order valence-corrected chi connectivity index (χ1v) is 27.3. The summed E-state index contributed by atoms with van der Waals surface area (Å²) in [5.74, 6) is 0. The molecule has 0 spiro atoms. The minimum Gasteiger partial charge on any atom is -1.00 e. The predicted octanol–water partition coefficient (Wildman–Crippen LogP) is 7.58. The van der Waals surface area contributed by atoms with Gasteiger partial charge in [-0.05, 0) is 69.0 Å². The van der Waals surface area contributed by atoms with Gasteiger partial charge in [-0.3, -0.25) is 0 Å². The van der Waals surface area contributed by atoms with Crippen molar-refractivity contribution in [1.29, 1.82) is 10.5 Å². The Bertz CT molecular complexity index is 3290. The van der Waals surface area contributed by atoms with E-state index < -0.39 is 24.0 Å². The average Bonchev–Trinajstić information content (AvgIpc) is 4.33. The maximum atomic E-state index is 13.7.